The summed E-state index contributed by atoms with van der Waals surface area (Å²) in [6, 6.07) is 12.0. The minimum absolute atomic E-state index is 0.0957. The van der Waals surface area contributed by atoms with Crippen molar-refractivity contribution in [1.29, 1.82) is 0 Å². The predicted molar refractivity (Wildman–Crippen MR) is 114 cm³/mol. The Bertz CT molecular complexity index is 1110. The molecule has 0 saturated heterocycles. The number of aromatic nitrogens is 2. The lowest BCUT2D eigenvalue weighted by Gasteiger charge is -2.20. The summed E-state index contributed by atoms with van der Waals surface area (Å²) >= 11 is 0. The van der Waals surface area contributed by atoms with Gasteiger partial charge in [-0.05, 0) is 56.4 Å². The summed E-state index contributed by atoms with van der Waals surface area (Å²) in [6.07, 6.45) is 8.25. The standard InChI is InChI=1S/C25H26N2O/c1-3-19-6-4-5-7-23-22(16-19)25(28)27-15-14-21(17-24(27)26-23)13-12-20-10-8-18(2)9-11-20/h8-11,14-15,17,19H,3-7,16H2,1-2H3. The Kier molecular flexibility index (Phi) is 5.30. The summed E-state index contributed by atoms with van der Waals surface area (Å²) in [5.41, 5.74) is 5.80. The lowest BCUT2D eigenvalue weighted by molar-refractivity contribution is 0.428. The number of pyridine rings is 1. The van der Waals surface area contributed by atoms with Gasteiger partial charge in [0, 0.05) is 22.9 Å². The highest BCUT2D eigenvalue weighted by Crippen LogP contribution is 2.23. The molecule has 0 N–H and O–H groups in total. The van der Waals surface area contributed by atoms with Crippen LogP contribution in [0.1, 0.15) is 60.6 Å². The molecule has 1 aliphatic rings. The second kappa shape index (κ2) is 8.02. The number of nitrogens with zero attached hydrogens (tertiary/aromatic N) is 2. The molecule has 0 aliphatic heterocycles. The summed E-state index contributed by atoms with van der Waals surface area (Å²) in [4.78, 5) is 18.0. The number of fused-ring (bicyclic) bond motifs is 2. The average Bonchev–Trinajstić information content (AvgIpc) is 2.69. The molecule has 3 aromatic rings. The van der Waals surface area contributed by atoms with Crippen LogP contribution in [0, 0.1) is 24.7 Å². The Hall–Kier alpha value is -2.86. The summed E-state index contributed by atoms with van der Waals surface area (Å²) in [5, 5.41) is 0. The van der Waals surface area contributed by atoms with Crippen LogP contribution in [0.4, 0.5) is 0 Å². The van der Waals surface area contributed by atoms with Crippen molar-refractivity contribution < 1.29 is 0 Å². The first-order valence-electron chi connectivity index (χ1n) is 10.3. The molecule has 3 nitrogen and oxygen atoms in total. The smallest absolute Gasteiger partial charge is 0.261 e. The Labute approximate surface area is 166 Å². The first-order valence-corrected chi connectivity index (χ1v) is 10.3. The van der Waals surface area contributed by atoms with Gasteiger partial charge in [-0.25, -0.2) is 4.98 Å². The van der Waals surface area contributed by atoms with Crippen LogP contribution >= 0.6 is 0 Å². The van der Waals surface area contributed by atoms with Crippen LogP contribution in [0.2, 0.25) is 0 Å². The fraction of sp³-hybridized carbons (Fsp3) is 0.360. The van der Waals surface area contributed by atoms with Gasteiger partial charge in [-0.15, -0.1) is 0 Å². The topological polar surface area (TPSA) is 34.4 Å². The third kappa shape index (κ3) is 3.87. The van der Waals surface area contributed by atoms with E-state index in [1.807, 2.05) is 30.5 Å². The number of aryl methyl sites for hydroxylation is 2. The van der Waals surface area contributed by atoms with E-state index in [2.05, 4.69) is 37.8 Å². The summed E-state index contributed by atoms with van der Waals surface area (Å²) in [5.74, 6) is 6.99. The zero-order valence-electron chi connectivity index (χ0n) is 16.7. The zero-order valence-corrected chi connectivity index (χ0v) is 16.7. The maximum Gasteiger partial charge on any atom is 0.261 e. The van der Waals surface area contributed by atoms with Crippen molar-refractivity contribution in [2.75, 3.05) is 0 Å². The van der Waals surface area contributed by atoms with E-state index < -0.39 is 0 Å². The monoisotopic (exact) mass is 370 g/mol. The van der Waals surface area contributed by atoms with E-state index in [1.165, 1.54) is 18.4 Å². The van der Waals surface area contributed by atoms with E-state index >= 15 is 0 Å². The quantitative estimate of drug-likeness (QED) is 0.582. The Morgan fingerprint density at radius 3 is 2.68 bits per heavy atom. The highest BCUT2D eigenvalue weighted by Gasteiger charge is 2.19. The lowest BCUT2D eigenvalue weighted by Crippen LogP contribution is -2.25. The molecular weight excluding hydrogens is 344 g/mol. The van der Waals surface area contributed by atoms with Gasteiger partial charge in [0.05, 0.1) is 5.69 Å². The first kappa shape index (κ1) is 18.5. The van der Waals surface area contributed by atoms with Gasteiger partial charge >= 0.3 is 0 Å². The van der Waals surface area contributed by atoms with E-state index in [9.17, 15) is 4.79 Å². The Balaban J connectivity index is 1.73. The summed E-state index contributed by atoms with van der Waals surface area (Å²) in [6.45, 7) is 4.29. The zero-order chi connectivity index (χ0) is 19.5. The molecule has 2 heterocycles. The first-order chi connectivity index (χ1) is 13.6. The van der Waals surface area contributed by atoms with Gasteiger partial charge in [0.1, 0.15) is 5.65 Å². The maximum absolute atomic E-state index is 13.1. The third-order valence-corrected chi connectivity index (χ3v) is 5.76. The molecule has 3 heteroatoms. The Morgan fingerprint density at radius 2 is 1.89 bits per heavy atom. The molecule has 0 bridgehead atoms. The highest BCUT2D eigenvalue weighted by molar-refractivity contribution is 5.51. The SMILES string of the molecule is CCC1CCCCc2nc3cc(C#Cc4ccc(C)cc4)ccn3c(=O)c2C1. The van der Waals surface area contributed by atoms with E-state index in [0.717, 1.165) is 48.1 Å². The van der Waals surface area contributed by atoms with E-state index in [0.29, 0.717) is 11.6 Å². The largest absolute Gasteiger partial charge is 0.269 e. The Morgan fingerprint density at radius 1 is 1.11 bits per heavy atom. The van der Waals surface area contributed by atoms with Crippen LogP contribution in [-0.2, 0) is 12.8 Å². The molecule has 0 fully saturated rings. The van der Waals surface area contributed by atoms with Gasteiger partial charge in [0.25, 0.3) is 5.56 Å². The second-order valence-corrected chi connectivity index (χ2v) is 7.83. The van der Waals surface area contributed by atoms with Crippen LogP contribution < -0.4 is 5.56 Å². The molecule has 1 aliphatic carbocycles. The minimum Gasteiger partial charge on any atom is -0.269 e. The van der Waals surface area contributed by atoms with Crippen molar-refractivity contribution in [1.82, 2.24) is 9.38 Å². The molecule has 1 atom stereocenters. The van der Waals surface area contributed by atoms with Crippen LogP contribution in [0.5, 0.6) is 0 Å². The second-order valence-electron chi connectivity index (χ2n) is 7.83. The molecular formula is C25H26N2O. The number of hydrogen-bond acceptors (Lipinski definition) is 2. The van der Waals surface area contributed by atoms with E-state index in [-0.39, 0.29) is 5.56 Å². The fourth-order valence-electron chi connectivity index (χ4n) is 3.96. The predicted octanol–water partition coefficient (Wildman–Crippen LogP) is 4.70. The van der Waals surface area contributed by atoms with Crippen LogP contribution in [0.25, 0.3) is 5.65 Å². The van der Waals surface area contributed by atoms with E-state index in [4.69, 9.17) is 4.98 Å². The van der Waals surface area contributed by atoms with Crippen molar-refractivity contribution in [3.05, 3.63) is 80.9 Å². The molecule has 0 amide bonds. The summed E-state index contributed by atoms with van der Waals surface area (Å²) in [7, 11) is 0. The van der Waals surface area contributed by atoms with Crippen LogP contribution in [0.3, 0.4) is 0 Å². The number of hydrogen-bond donors (Lipinski definition) is 0. The average molecular weight is 370 g/mol. The lowest BCUT2D eigenvalue weighted by atomic mass is 9.88. The summed E-state index contributed by atoms with van der Waals surface area (Å²) < 4.78 is 1.68. The van der Waals surface area contributed by atoms with Crippen molar-refractivity contribution in [2.24, 2.45) is 5.92 Å². The third-order valence-electron chi connectivity index (χ3n) is 5.76. The van der Waals surface area contributed by atoms with Crippen molar-refractivity contribution >= 4 is 5.65 Å². The maximum atomic E-state index is 13.1. The molecule has 1 aromatic carbocycles. The molecule has 0 saturated carbocycles. The molecule has 1 unspecified atom stereocenters. The molecule has 4 rings (SSSR count). The van der Waals surface area contributed by atoms with E-state index in [1.54, 1.807) is 4.40 Å². The molecule has 28 heavy (non-hydrogen) atoms. The van der Waals surface area contributed by atoms with Crippen LogP contribution in [0.15, 0.2) is 47.4 Å². The van der Waals surface area contributed by atoms with Gasteiger partial charge in [-0.1, -0.05) is 55.7 Å². The van der Waals surface area contributed by atoms with Crippen molar-refractivity contribution in [3.8, 4) is 11.8 Å². The molecule has 0 radical (unpaired) electrons. The van der Waals surface area contributed by atoms with Gasteiger partial charge in [0.15, 0.2) is 0 Å². The normalized spacial score (nSPS) is 16.6. The molecule has 142 valence electrons. The number of benzene rings is 1. The van der Waals surface area contributed by atoms with Gasteiger partial charge < -0.3 is 0 Å². The molecule has 2 aromatic heterocycles. The highest BCUT2D eigenvalue weighted by atomic mass is 16.1. The number of rotatable bonds is 1. The van der Waals surface area contributed by atoms with Gasteiger partial charge in [-0.3, -0.25) is 9.20 Å². The molecule has 0 spiro atoms. The van der Waals surface area contributed by atoms with Crippen LogP contribution in [-0.4, -0.2) is 9.38 Å². The fourth-order valence-corrected chi connectivity index (χ4v) is 3.96. The van der Waals surface area contributed by atoms with Crippen molar-refractivity contribution in [2.45, 2.75) is 52.4 Å². The minimum atomic E-state index is 0.0957. The van der Waals surface area contributed by atoms with Crippen molar-refractivity contribution in [3.63, 3.8) is 0 Å². The van der Waals surface area contributed by atoms with Gasteiger partial charge in [-0.2, -0.15) is 0 Å². The van der Waals surface area contributed by atoms with Gasteiger partial charge in [0.2, 0.25) is 0 Å².